The summed E-state index contributed by atoms with van der Waals surface area (Å²) < 4.78 is 22.9. The van der Waals surface area contributed by atoms with E-state index < -0.39 is 75.2 Å². The van der Waals surface area contributed by atoms with Crippen LogP contribution in [0.25, 0.3) is 0 Å². The number of phosphoric ester groups is 1. The SMILES string of the molecule is CCCCCCCCCCC/C=C\CCCCCCCC(O)CC(=O)NC(COP(=O)(O)OC1C(O)C(O)C(O)C(O)C1O)C(O)/C=C/CC/C=C/CCCCCCCCCCC. The van der Waals surface area contributed by atoms with Crippen molar-refractivity contribution in [2.24, 2.45) is 0 Å². The van der Waals surface area contributed by atoms with Crippen LogP contribution in [-0.4, -0.2) is 108 Å². The molecule has 1 aliphatic rings. The number of hydrogen-bond acceptors (Lipinski definition) is 11. The molecule has 0 spiro atoms. The molecule has 0 radical (unpaired) electrons. The maximum atomic E-state index is 13.0. The molecule has 1 saturated carbocycles. The highest BCUT2D eigenvalue weighted by Crippen LogP contribution is 2.47. The third-order valence-electron chi connectivity index (χ3n) is 11.9. The number of allylic oxidation sites excluding steroid dienone is 5. The van der Waals surface area contributed by atoms with Gasteiger partial charge in [-0.1, -0.05) is 179 Å². The van der Waals surface area contributed by atoms with Crippen LogP contribution >= 0.6 is 7.82 Å². The number of unbranched alkanes of at least 4 members (excludes halogenated alkanes) is 24. The minimum absolute atomic E-state index is 0.258. The van der Waals surface area contributed by atoms with E-state index in [0.29, 0.717) is 12.8 Å². The van der Waals surface area contributed by atoms with Crippen LogP contribution < -0.4 is 5.32 Å². The van der Waals surface area contributed by atoms with E-state index in [2.05, 4.69) is 43.5 Å². The molecule has 9 N–H and O–H groups in total. The number of hydrogen-bond donors (Lipinski definition) is 9. The Bertz CT molecular complexity index is 1220. The number of phosphoric acid groups is 1. The lowest BCUT2D eigenvalue weighted by Crippen LogP contribution is -2.64. The van der Waals surface area contributed by atoms with Gasteiger partial charge in [0, 0.05) is 0 Å². The molecule has 8 unspecified atom stereocenters. The largest absolute Gasteiger partial charge is 0.472 e. The van der Waals surface area contributed by atoms with Crippen molar-refractivity contribution >= 4 is 13.7 Å². The van der Waals surface area contributed by atoms with Gasteiger partial charge in [-0.2, -0.15) is 0 Å². The fraction of sp³-hybridized carbons (Fsp3) is 0.857. The summed E-state index contributed by atoms with van der Waals surface area (Å²) in [6.45, 7) is 3.73. The quantitative estimate of drug-likeness (QED) is 0.0159. The highest BCUT2D eigenvalue weighted by molar-refractivity contribution is 7.47. The molecule has 0 bridgehead atoms. The van der Waals surface area contributed by atoms with Crippen LogP contribution in [0.3, 0.4) is 0 Å². The lowest BCUT2D eigenvalue weighted by Gasteiger charge is -2.41. The number of aliphatic hydroxyl groups excluding tert-OH is 7. The highest BCUT2D eigenvalue weighted by Gasteiger charge is 2.51. The molecular weight excluding hydrogens is 826 g/mol. The van der Waals surface area contributed by atoms with Crippen molar-refractivity contribution in [2.75, 3.05) is 6.61 Å². The average Bonchev–Trinajstić information content (AvgIpc) is 3.26. The topological polar surface area (TPSA) is 226 Å². The van der Waals surface area contributed by atoms with E-state index in [0.717, 1.165) is 64.2 Å². The summed E-state index contributed by atoms with van der Waals surface area (Å²) in [5, 5.41) is 74.5. The van der Waals surface area contributed by atoms with Crippen molar-refractivity contribution in [1.29, 1.82) is 0 Å². The molecule has 370 valence electrons. The van der Waals surface area contributed by atoms with Gasteiger partial charge in [-0.25, -0.2) is 4.57 Å². The zero-order chi connectivity index (χ0) is 46.6. The summed E-state index contributed by atoms with van der Waals surface area (Å²) in [5.74, 6) is -0.607. The van der Waals surface area contributed by atoms with Crippen LogP contribution in [0.15, 0.2) is 36.5 Å². The second-order valence-electron chi connectivity index (χ2n) is 17.8. The van der Waals surface area contributed by atoms with E-state index in [1.54, 1.807) is 6.08 Å². The minimum Gasteiger partial charge on any atom is -0.393 e. The first-order valence-electron chi connectivity index (χ1n) is 25.0. The van der Waals surface area contributed by atoms with Gasteiger partial charge in [0.15, 0.2) is 0 Å². The van der Waals surface area contributed by atoms with Gasteiger partial charge < -0.3 is 46.0 Å². The van der Waals surface area contributed by atoms with Crippen molar-refractivity contribution < 1.29 is 59.0 Å². The van der Waals surface area contributed by atoms with Gasteiger partial charge in [0.1, 0.15) is 36.6 Å². The Morgan fingerprint density at radius 2 is 0.937 bits per heavy atom. The first-order valence-corrected chi connectivity index (χ1v) is 26.5. The molecule has 0 saturated heterocycles. The molecule has 13 nitrogen and oxygen atoms in total. The molecule has 1 rings (SSSR count). The van der Waals surface area contributed by atoms with Gasteiger partial charge in [0.05, 0.1) is 31.3 Å². The van der Waals surface area contributed by atoms with Crippen LogP contribution in [-0.2, 0) is 18.4 Å². The molecule has 1 aliphatic carbocycles. The summed E-state index contributed by atoms with van der Waals surface area (Å²) in [6, 6.07) is -1.26. The van der Waals surface area contributed by atoms with E-state index >= 15 is 0 Å². The Balaban J connectivity index is 2.53. The van der Waals surface area contributed by atoms with Crippen molar-refractivity contribution in [3.63, 3.8) is 0 Å². The third-order valence-corrected chi connectivity index (χ3v) is 12.9. The Morgan fingerprint density at radius 3 is 1.40 bits per heavy atom. The first kappa shape index (κ1) is 59.5. The molecule has 63 heavy (non-hydrogen) atoms. The highest BCUT2D eigenvalue weighted by atomic mass is 31.2. The number of nitrogens with one attached hydrogen (secondary N) is 1. The van der Waals surface area contributed by atoms with Gasteiger partial charge in [0.25, 0.3) is 0 Å². The van der Waals surface area contributed by atoms with Gasteiger partial charge in [-0.05, 0) is 57.8 Å². The molecule has 0 heterocycles. The molecule has 1 fully saturated rings. The lowest BCUT2D eigenvalue weighted by atomic mass is 9.85. The zero-order valence-corrected chi connectivity index (χ0v) is 40.1. The minimum atomic E-state index is -5.15. The standard InChI is InChI=1S/C49H92NO12P/c1-3-5-7-9-11-13-15-17-19-20-21-23-24-26-28-30-32-34-36-40(51)38-43(53)50-41(39-61-63(59,60)62-49-47(57)45(55)44(54)46(56)48(49)58)42(52)37-35-33-31-29-27-25-22-18-16-14-12-10-8-6-4-2/h21,23,27,29,35,37,40-42,44-49,51-52,54-58H,3-20,22,24-26,28,30-34,36,38-39H2,1-2H3,(H,50,53)(H,59,60)/b23-21-,29-27+,37-35+. The number of aliphatic hydroxyl groups is 7. The van der Waals surface area contributed by atoms with Gasteiger partial charge >= 0.3 is 7.82 Å². The molecule has 0 aromatic carbocycles. The molecular formula is C49H92NO12P. The smallest absolute Gasteiger partial charge is 0.393 e. The molecule has 1 amide bonds. The van der Waals surface area contributed by atoms with Crippen LogP contribution in [0.1, 0.15) is 206 Å². The predicted octanol–water partition coefficient (Wildman–Crippen LogP) is 8.92. The van der Waals surface area contributed by atoms with Gasteiger partial charge in [-0.3, -0.25) is 13.8 Å². The maximum Gasteiger partial charge on any atom is 0.472 e. The third kappa shape index (κ3) is 30.4. The Labute approximate surface area is 381 Å². The predicted molar refractivity (Wildman–Crippen MR) is 252 cm³/mol. The second-order valence-corrected chi connectivity index (χ2v) is 19.2. The van der Waals surface area contributed by atoms with Crippen LogP contribution in [0.5, 0.6) is 0 Å². The van der Waals surface area contributed by atoms with E-state index in [1.807, 2.05) is 0 Å². The van der Waals surface area contributed by atoms with Gasteiger partial charge in [0.2, 0.25) is 5.91 Å². The lowest BCUT2D eigenvalue weighted by molar-refractivity contribution is -0.220. The van der Waals surface area contributed by atoms with E-state index in [4.69, 9.17) is 9.05 Å². The fourth-order valence-electron chi connectivity index (χ4n) is 7.84. The van der Waals surface area contributed by atoms with Gasteiger partial charge in [-0.15, -0.1) is 0 Å². The molecule has 0 aromatic rings. The summed E-state index contributed by atoms with van der Waals surface area (Å²) in [4.78, 5) is 23.5. The molecule has 14 heteroatoms. The van der Waals surface area contributed by atoms with Crippen molar-refractivity contribution in [3.05, 3.63) is 36.5 Å². The van der Waals surface area contributed by atoms with Crippen molar-refractivity contribution in [1.82, 2.24) is 5.32 Å². The van der Waals surface area contributed by atoms with E-state index in [1.165, 1.54) is 115 Å². The van der Waals surface area contributed by atoms with E-state index in [9.17, 15) is 50.0 Å². The molecule has 0 aromatic heterocycles. The van der Waals surface area contributed by atoms with Crippen molar-refractivity contribution in [2.45, 2.75) is 261 Å². The number of carbonyl (C=O) groups is 1. The summed E-state index contributed by atoms with van der Waals surface area (Å²) >= 11 is 0. The molecule has 8 atom stereocenters. The molecule has 0 aliphatic heterocycles. The fourth-order valence-corrected chi connectivity index (χ4v) is 8.81. The number of amides is 1. The van der Waals surface area contributed by atoms with E-state index in [-0.39, 0.29) is 6.42 Å². The normalized spacial score (nSPS) is 23.1. The van der Waals surface area contributed by atoms with Crippen molar-refractivity contribution in [3.8, 4) is 0 Å². The number of carbonyl (C=O) groups excluding carboxylic acids is 1. The second kappa shape index (κ2) is 38.6. The summed E-state index contributed by atoms with van der Waals surface area (Å²) in [7, 11) is -5.15. The Morgan fingerprint density at radius 1 is 0.556 bits per heavy atom. The van der Waals surface area contributed by atoms with Crippen LogP contribution in [0.4, 0.5) is 0 Å². The Kier molecular flexibility index (Phi) is 36.5. The zero-order valence-electron chi connectivity index (χ0n) is 39.2. The summed E-state index contributed by atoms with van der Waals surface area (Å²) in [5.41, 5.74) is 0. The Hall–Kier alpha value is -1.48. The summed E-state index contributed by atoms with van der Waals surface area (Å²) in [6.07, 6.45) is 30.9. The first-order chi connectivity index (χ1) is 30.3. The van der Waals surface area contributed by atoms with Crippen LogP contribution in [0.2, 0.25) is 0 Å². The maximum absolute atomic E-state index is 13.0. The average molecular weight is 918 g/mol. The van der Waals surface area contributed by atoms with Crippen LogP contribution in [0, 0.1) is 0 Å². The monoisotopic (exact) mass is 918 g/mol. The number of rotatable bonds is 41.